The first-order valence-corrected chi connectivity index (χ1v) is 8.66. The predicted octanol–water partition coefficient (Wildman–Crippen LogP) is 1.24. The third-order valence-electron chi connectivity index (χ3n) is 5.17. The summed E-state index contributed by atoms with van der Waals surface area (Å²) in [7, 11) is 0. The molecule has 0 spiro atoms. The molecule has 1 unspecified atom stereocenters. The largest absolute Gasteiger partial charge is 0.378 e. The van der Waals surface area contributed by atoms with E-state index in [9.17, 15) is 14.4 Å². The van der Waals surface area contributed by atoms with Gasteiger partial charge in [0.25, 0.3) is 11.8 Å². The lowest BCUT2D eigenvalue weighted by Gasteiger charge is -2.38. The third kappa shape index (κ3) is 2.94. The molecule has 1 saturated carbocycles. The molecule has 132 valence electrons. The van der Waals surface area contributed by atoms with E-state index in [0.717, 1.165) is 6.54 Å². The number of hydroxylamine groups is 2. The van der Waals surface area contributed by atoms with E-state index in [0.29, 0.717) is 24.1 Å². The van der Waals surface area contributed by atoms with Crippen LogP contribution in [-0.2, 0) is 14.4 Å². The number of nitrogens with zero attached hydrogens (tertiary/aromatic N) is 2. The summed E-state index contributed by atoms with van der Waals surface area (Å²) in [6, 6.07) is 5.86. The molecule has 0 aromatic heterocycles. The number of carbonyl (C=O) groups is 3. The number of amides is 2. The Morgan fingerprint density at radius 1 is 1.16 bits per heavy atom. The summed E-state index contributed by atoms with van der Waals surface area (Å²) in [5, 5.41) is 0.573. The normalized spacial score (nSPS) is 24.2. The minimum atomic E-state index is -0.617. The number of fused-ring (bicyclic) bond motifs is 1. The number of imide groups is 1. The van der Waals surface area contributed by atoms with Crippen molar-refractivity contribution in [1.29, 1.82) is 0 Å². The van der Waals surface area contributed by atoms with E-state index in [2.05, 4.69) is 0 Å². The number of hydrogen-bond acceptors (Lipinski definition) is 6. The quantitative estimate of drug-likeness (QED) is 0.765. The molecule has 1 saturated heterocycles. The van der Waals surface area contributed by atoms with E-state index in [-0.39, 0.29) is 17.7 Å². The molecule has 2 heterocycles. The Balaban J connectivity index is 1.45. The summed E-state index contributed by atoms with van der Waals surface area (Å²) in [5.41, 5.74) is 0.512. The number of rotatable bonds is 4. The maximum Gasteiger partial charge on any atom is 0.352 e. The van der Waals surface area contributed by atoms with E-state index in [4.69, 9.17) is 9.57 Å². The molecule has 2 aliphatic heterocycles. The van der Waals surface area contributed by atoms with Crippen molar-refractivity contribution in [2.45, 2.75) is 25.3 Å². The monoisotopic (exact) mass is 344 g/mol. The molecule has 0 radical (unpaired) electrons. The van der Waals surface area contributed by atoms with Crippen molar-refractivity contribution < 1.29 is 24.0 Å². The van der Waals surface area contributed by atoms with Crippen molar-refractivity contribution >= 4 is 17.8 Å². The third-order valence-corrected chi connectivity index (χ3v) is 5.17. The van der Waals surface area contributed by atoms with Gasteiger partial charge in [0.05, 0.1) is 24.3 Å². The van der Waals surface area contributed by atoms with Crippen molar-refractivity contribution in [2.75, 3.05) is 26.3 Å². The maximum atomic E-state index is 12.6. The zero-order chi connectivity index (χ0) is 17.4. The Hall–Kier alpha value is -2.25. The molecule has 0 bridgehead atoms. The first-order valence-electron chi connectivity index (χ1n) is 8.66. The Morgan fingerprint density at radius 3 is 2.44 bits per heavy atom. The van der Waals surface area contributed by atoms with Gasteiger partial charge in [0.2, 0.25) is 0 Å². The zero-order valence-corrected chi connectivity index (χ0v) is 13.8. The SMILES string of the molecule is O=C(ON1C(=O)c2ccccc2C1=O)C1COCCN1CC1CCC1. The molecule has 25 heavy (non-hydrogen) atoms. The van der Waals surface area contributed by atoms with Crippen LogP contribution in [0, 0.1) is 5.92 Å². The molecule has 1 aromatic rings. The molecular formula is C18H20N2O5. The number of hydrogen-bond donors (Lipinski definition) is 0. The van der Waals surface area contributed by atoms with Crippen LogP contribution in [0.5, 0.6) is 0 Å². The molecule has 0 N–H and O–H groups in total. The van der Waals surface area contributed by atoms with Gasteiger partial charge >= 0.3 is 5.97 Å². The van der Waals surface area contributed by atoms with Crippen molar-refractivity contribution in [2.24, 2.45) is 5.92 Å². The molecule has 2 amide bonds. The van der Waals surface area contributed by atoms with Gasteiger partial charge < -0.3 is 9.57 Å². The molecule has 4 rings (SSSR count). The highest BCUT2D eigenvalue weighted by Gasteiger charge is 2.41. The van der Waals surface area contributed by atoms with Gasteiger partial charge in [0, 0.05) is 13.1 Å². The second kappa shape index (κ2) is 6.57. The molecule has 1 aromatic carbocycles. The van der Waals surface area contributed by atoms with Crippen molar-refractivity contribution in [3.05, 3.63) is 35.4 Å². The van der Waals surface area contributed by atoms with Gasteiger partial charge in [-0.25, -0.2) is 4.79 Å². The van der Waals surface area contributed by atoms with Gasteiger partial charge in [-0.3, -0.25) is 14.5 Å². The number of morpholine rings is 1. The molecule has 1 aliphatic carbocycles. The van der Waals surface area contributed by atoms with Crippen LogP contribution >= 0.6 is 0 Å². The zero-order valence-electron chi connectivity index (χ0n) is 13.8. The molecule has 3 aliphatic rings. The van der Waals surface area contributed by atoms with Crippen LogP contribution in [0.2, 0.25) is 0 Å². The molecule has 2 fully saturated rings. The predicted molar refractivity (Wildman–Crippen MR) is 86.6 cm³/mol. The lowest BCUT2D eigenvalue weighted by molar-refractivity contribution is -0.181. The highest BCUT2D eigenvalue weighted by molar-refractivity contribution is 6.20. The first kappa shape index (κ1) is 16.2. The van der Waals surface area contributed by atoms with E-state index in [1.165, 1.54) is 19.3 Å². The van der Waals surface area contributed by atoms with Gasteiger partial charge in [-0.2, -0.15) is 0 Å². The van der Waals surface area contributed by atoms with Crippen molar-refractivity contribution in [3.63, 3.8) is 0 Å². The highest BCUT2D eigenvalue weighted by atomic mass is 16.7. The summed E-state index contributed by atoms with van der Waals surface area (Å²) in [6.45, 7) is 2.27. The lowest BCUT2D eigenvalue weighted by atomic mass is 9.85. The van der Waals surface area contributed by atoms with Crippen LogP contribution in [0.4, 0.5) is 0 Å². The standard InChI is InChI=1S/C18H20N2O5/c21-16-13-6-1-2-7-14(13)17(22)20(16)25-18(23)15-11-24-9-8-19(15)10-12-4-3-5-12/h1-2,6-7,12,15H,3-5,8-11H2. The van der Waals surface area contributed by atoms with Crippen LogP contribution in [0.25, 0.3) is 0 Å². The second-order valence-electron chi connectivity index (χ2n) is 6.74. The maximum absolute atomic E-state index is 12.6. The van der Waals surface area contributed by atoms with Crippen LogP contribution in [0.3, 0.4) is 0 Å². The van der Waals surface area contributed by atoms with E-state index >= 15 is 0 Å². The van der Waals surface area contributed by atoms with Crippen molar-refractivity contribution in [1.82, 2.24) is 9.96 Å². The fourth-order valence-corrected chi connectivity index (χ4v) is 3.48. The fraction of sp³-hybridized carbons (Fsp3) is 0.500. The molecular weight excluding hydrogens is 324 g/mol. The highest BCUT2D eigenvalue weighted by Crippen LogP contribution is 2.29. The second-order valence-corrected chi connectivity index (χ2v) is 6.74. The van der Waals surface area contributed by atoms with E-state index in [1.54, 1.807) is 24.3 Å². The van der Waals surface area contributed by atoms with Crippen molar-refractivity contribution in [3.8, 4) is 0 Å². The van der Waals surface area contributed by atoms with Gasteiger partial charge in [-0.1, -0.05) is 23.6 Å². The van der Waals surface area contributed by atoms with Gasteiger partial charge in [0.15, 0.2) is 0 Å². The number of benzene rings is 1. The minimum Gasteiger partial charge on any atom is -0.378 e. The summed E-state index contributed by atoms with van der Waals surface area (Å²) in [6.07, 6.45) is 3.59. The summed E-state index contributed by atoms with van der Waals surface area (Å²) in [5.74, 6) is -1.21. The topological polar surface area (TPSA) is 76.1 Å². The Bertz CT molecular complexity index is 680. The van der Waals surface area contributed by atoms with Gasteiger partial charge in [-0.05, 0) is 30.9 Å². The van der Waals surface area contributed by atoms with E-state index in [1.807, 2.05) is 4.90 Å². The van der Waals surface area contributed by atoms with E-state index < -0.39 is 23.8 Å². The molecule has 7 nitrogen and oxygen atoms in total. The van der Waals surface area contributed by atoms with Gasteiger partial charge in [-0.15, -0.1) is 0 Å². The summed E-state index contributed by atoms with van der Waals surface area (Å²) >= 11 is 0. The number of ether oxygens (including phenoxy) is 1. The lowest BCUT2D eigenvalue weighted by Crippen LogP contribution is -2.54. The average molecular weight is 344 g/mol. The average Bonchev–Trinajstić information content (AvgIpc) is 2.84. The fourth-order valence-electron chi connectivity index (χ4n) is 3.48. The van der Waals surface area contributed by atoms with Crippen LogP contribution in [0.1, 0.15) is 40.0 Å². The smallest absolute Gasteiger partial charge is 0.352 e. The minimum absolute atomic E-state index is 0.217. The van der Waals surface area contributed by atoms with Crippen LogP contribution in [-0.4, -0.2) is 60.1 Å². The summed E-state index contributed by atoms with van der Waals surface area (Å²) in [4.78, 5) is 44.5. The Kier molecular flexibility index (Phi) is 4.27. The molecule has 1 atom stereocenters. The Labute approximate surface area is 145 Å². The number of carbonyl (C=O) groups excluding carboxylic acids is 3. The Morgan fingerprint density at radius 2 is 1.84 bits per heavy atom. The van der Waals surface area contributed by atoms with Crippen LogP contribution in [0.15, 0.2) is 24.3 Å². The van der Waals surface area contributed by atoms with Gasteiger partial charge in [0.1, 0.15) is 6.04 Å². The molecule has 7 heteroatoms. The summed E-state index contributed by atoms with van der Waals surface area (Å²) < 4.78 is 5.42. The first-order chi connectivity index (χ1) is 12.1. The van der Waals surface area contributed by atoms with Crippen LogP contribution < -0.4 is 0 Å².